The summed E-state index contributed by atoms with van der Waals surface area (Å²) in [7, 11) is 0. The lowest BCUT2D eigenvalue weighted by atomic mass is 9.85. The molecule has 0 aromatic heterocycles. The molecule has 0 N–H and O–H groups in total. The van der Waals surface area contributed by atoms with E-state index in [1.165, 1.54) is 6.21 Å². The minimum Gasteiger partial charge on any atom is -0.486 e. The van der Waals surface area contributed by atoms with Crippen LogP contribution in [0.3, 0.4) is 0 Å². The van der Waals surface area contributed by atoms with Crippen molar-refractivity contribution < 1.29 is 14.3 Å². The maximum atomic E-state index is 12.7. The molecule has 5 nitrogen and oxygen atoms in total. The van der Waals surface area contributed by atoms with E-state index in [1.54, 1.807) is 24.3 Å². The van der Waals surface area contributed by atoms with Crippen LogP contribution < -0.4 is 4.74 Å². The molecule has 9 heteroatoms. The van der Waals surface area contributed by atoms with Gasteiger partial charge < -0.3 is 4.74 Å². The highest BCUT2D eigenvalue weighted by molar-refractivity contribution is 9.10. The van der Waals surface area contributed by atoms with Gasteiger partial charge in [-0.3, -0.25) is 9.59 Å². The highest BCUT2D eigenvalue weighted by atomic mass is 79.9. The van der Waals surface area contributed by atoms with Gasteiger partial charge in [0.2, 0.25) is 0 Å². The number of hydrazone groups is 1. The number of carbonyl (C=O) groups is 2. The lowest BCUT2D eigenvalue weighted by molar-refractivity contribution is -0.140. The number of carbonyl (C=O) groups excluding carboxylic acids is 2. The number of hydrogen-bond acceptors (Lipinski definition) is 4. The van der Waals surface area contributed by atoms with E-state index >= 15 is 0 Å². The van der Waals surface area contributed by atoms with Crippen molar-refractivity contribution in [2.45, 2.75) is 13.0 Å². The zero-order chi connectivity index (χ0) is 22.6. The Labute approximate surface area is 208 Å². The molecule has 0 radical (unpaired) electrons. The topological polar surface area (TPSA) is 59.0 Å². The average Bonchev–Trinajstić information content (AvgIpc) is 3.43. The van der Waals surface area contributed by atoms with E-state index in [4.69, 9.17) is 39.5 Å². The average molecular weight is 555 g/mol. The van der Waals surface area contributed by atoms with E-state index in [1.807, 2.05) is 6.07 Å². The molecule has 3 aliphatic rings. The monoisotopic (exact) mass is 552 g/mol. The zero-order valence-corrected chi connectivity index (χ0v) is 20.3. The Morgan fingerprint density at radius 1 is 1.00 bits per heavy atom. The van der Waals surface area contributed by atoms with Crippen molar-refractivity contribution in [2.24, 2.45) is 28.8 Å². The molecule has 164 valence electrons. The summed E-state index contributed by atoms with van der Waals surface area (Å²) >= 11 is 21.9. The smallest absolute Gasteiger partial charge is 0.254 e. The third kappa shape index (κ3) is 3.77. The van der Waals surface area contributed by atoms with Gasteiger partial charge in [-0.25, -0.2) is 0 Å². The van der Waals surface area contributed by atoms with Crippen LogP contribution in [0.4, 0.5) is 0 Å². The van der Waals surface area contributed by atoms with Crippen molar-refractivity contribution in [1.82, 2.24) is 5.01 Å². The summed E-state index contributed by atoms with van der Waals surface area (Å²) in [5.74, 6) is -0.237. The molecule has 2 aromatic carbocycles. The van der Waals surface area contributed by atoms with Gasteiger partial charge in [0, 0.05) is 0 Å². The Balaban J connectivity index is 1.30. The summed E-state index contributed by atoms with van der Waals surface area (Å²) in [6.07, 6.45) is 6.46. The van der Waals surface area contributed by atoms with Gasteiger partial charge in [-0.15, -0.1) is 0 Å². The van der Waals surface area contributed by atoms with Crippen LogP contribution in [0.15, 0.2) is 52.1 Å². The Hall–Kier alpha value is -1.86. The standard InChI is InChI=1S/C23H16BrCl3N2O3/c24-15-5-12(7-18(27)21(15)32-10-11-1-4-16(25)17(26)6-11)9-28-29-22(30)19-13-2-3-14(8-13)20(19)23(29)31/h1-7,9,13-14,19-20H,8,10H2/t13-,14-,19-,20+/m0/s1. The summed E-state index contributed by atoms with van der Waals surface area (Å²) in [4.78, 5) is 25.5. The van der Waals surface area contributed by atoms with E-state index < -0.39 is 0 Å². The molecule has 2 bridgehead atoms. The summed E-state index contributed by atoms with van der Waals surface area (Å²) in [6, 6.07) is 8.68. The van der Waals surface area contributed by atoms with Gasteiger partial charge in [-0.1, -0.05) is 53.0 Å². The Morgan fingerprint density at radius 3 is 2.31 bits per heavy atom. The number of amides is 2. The molecule has 0 spiro atoms. The summed E-state index contributed by atoms with van der Waals surface area (Å²) in [5, 5.41) is 6.48. The van der Waals surface area contributed by atoms with Crippen molar-refractivity contribution in [2.75, 3.05) is 0 Å². The molecular weight excluding hydrogens is 539 g/mol. The van der Waals surface area contributed by atoms with E-state index in [2.05, 4.69) is 33.2 Å². The third-order valence-electron chi connectivity index (χ3n) is 6.16. The van der Waals surface area contributed by atoms with Crippen molar-refractivity contribution in [3.05, 3.63) is 73.2 Å². The van der Waals surface area contributed by atoms with Crippen molar-refractivity contribution in [1.29, 1.82) is 0 Å². The maximum Gasteiger partial charge on any atom is 0.254 e. The van der Waals surface area contributed by atoms with Crippen LogP contribution in [-0.2, 0) is 16.2 Å². The first-order valence-corrected chi connectivity index (χ1v) is 11.9. The second kappa shape index (κ2) is 8.49. The normalized spacial score (nSPS) is 25.9. The number of benzene rings is 2. The number of rotatable bonds is 5. The van der Waals surface area contributed by atoms with E-state index in [0.29, 0.717) is 30.9 Å². The highest BCUT2D eigenvalue weighted by Gasteiger charge is 2.59. The van der Waals surface area contributed by atoms with Gasteiger partial charge in [0.1, 0.15) is 6.61 Å². The summed E-state index contributed by atoms with van der Waals surface area (Å²) in [6.45, 7) is 0.249. The summed E-state index contributed by atoms with van der Waals surface area (Å²) < 4.78 is 6.46. The second-order valence-corrected chi connectivity index (χ2v) is 10.2. The van der Waals surface area contributed by atoms with Gasteiger partial charge in [-0.05, 0) is 69.6 Å². The highest BCUT2D eigenvalue weighted by Crippen LogP contribution is 2.52. The van der Waals surface area contributed by atoms with E-state index in [9.17, 15) is 9.59 Å². The Morgan fingerprint density at radius 2 is 1.69 bits per heavy atom. The molecule has 1 saturated carbocycles. The van der Waals surface area contributed by atoms with Crippen molar-refractivity contribution in [3.63, 3.8) is 0 Å². The van der Waals surface area contributed by atoms with Gasteiger partial charge in [0.25, 0.3) is 11.8 Å². The number of nitrogens with zero attached hydrogens (tertiary/aromatic N) is 2. The van der Waals surface area contributed by atoms with Crippen molar-refractivity contribution in [3.8, 4) is 5.75 Å². The van der Waals surface area contributed by atoms with Crippen LogP contribution >= 0.6 is 50.7 Å². The molecule has 1 heterocycles. The van der Waals surface area contributed by atoms with Gasteiger partial charge in [0.15, 0.2) is 5.75 Å². The fraction of sp³-hybridized carbons (Fsp3) is 0.261. The maximum absolute atomic E-state index is 12.7. The molecule has 4 atom stereocenters. The fourth-order valence-corrected chi connectivity index (χ4v) is 6.01. The quantitative estimate of drug-likeness (QED) is 0.254. The predicted octanol–water partition coefficient (Wildman–Crippen LogP) is 6.13. The van der Waals surface area contributed by atoms with Crippen LogP contribution in [0, 0.1) is 23.7 Å². The van der Waals surface area contributed by atoms with E-state index in [-0.39, 0.29) is 42.1 Å². The molecule has 32 heavy (non-hydrogen) atoms. The lowest BCUT2D eigenvalue weighted by Gasteiger charge is -2.13. The number of ether oxygens (including phenoxy) is 1. The lowest BCUT2D eigenvalue weighted by Crippen LogP contribution is -2.28. The van der Waals surface area contributed by atoms with Crippen LogP contribution in [0.25, 0.3) is 0 Å². The molecule has 1 saturated heterocycles. The number of allylic oxidation sites excluding steroid dienone is 2. The molecule has 1 aliphatic heterocycles. The van der Waals surface area contributed by atoms with Crippen LogP contribution in [0.5, 0.6) is 5.75 Å². The van der Waals surface area contributed by atoms with Crippen LogP contribution in [-0.4, -0.2) is 23.0 Å². The largest absolute Gasteiger partial charge is 0.486 e. The van der Waals surface area contributed by atoms with Gasteiger partial charge >= 0.3 is 0 Å². The van der Waals surface area contributed by atoms with Gasteiger partial charge in [0.05, 0.1) is 37.6 Å². The molecule has 0 unspecified atom stereocenters. The van der Waals surface area contributed by atoms with Gasteiger partial charge in [-0.2, -0.15) is 10.1 Å². The van der Waals surface area contributed by atoms with E-state index in [0.717, 1.165) is 17.0 Å². The van der Waals surface area contributed by atoms with Crippen LogP contribution in [0.1, 0.15) is 17.5 Å². The molecular formula is C23H16BrCl3N2O3. The molecule has 5 rings (SSSR count). The number of fused-ring (bicyclic) bond motifs is 5. The predicted molar refractivity (Wildman–Crippen MR) is 127 cm³/mol. The first-order valence-electron chi connectivity index (χ1n) is 9.99. The first kappa shape index (κ1) is 22.0. The Kier molecular flexibility index (Phi) is 5.82. The number of imide groups is 1. The third-order valence-corrected chi connectivity index (χ3v) is 7.77. The number of hydrogen-bond donors (Lipinski definition) is 0. The second-order valence-electron chi connectivity index (χ2n) is 8.08. The Bertz CT molecular complexity index is 1150. The zero-order valence-electron chi connectivity index (χ0n) is 16.5. The molecule has 2 amide bonds. The molecule has 2 fully saturated rings. The summed E-state index contributed by atoms with van der Waals surface area (Å²) in [5.41, 5.74) is 1.47. The van der Waals surface area contributed by atoms with Crippen molar-refractivity contribution >= 4 is 68.8 Å². The molecule has 2 aliphatic carbocycles. The molecule has 2 aromatic rings. The minimum atomic E-state index is -0.276. The minimum absolute atomic E-state index is 0.150. The van der Waals surface area contributed by atoms with Crippen LogP contribution in [0.2, 0.25) is 15.1 Å². The number of halogens is 4. The fourth-order valence-electron chi connectivity index (χ4n) is 4.70. The first-order chi connectivity index (χ1) is 15.3. The SMILES string of the molecule is O=C1[C@@H]2[C@H](C(=O)N1N=Cc1cc(Cl)c(OCc3ccc(Cl)c(Cl)c3)c(Br)c1)[C@H]1C=C[C@H]2C1.